The second-order valence-corrected chi connectivity index (χ2v) is 7.64. The molecule has 27 heavy (non-hydrogen) atoms. The van der Waals surface area contributed by atoms with Gasteiger partial charge in [-0.2, -0.15) is 0 Å². The SMILES string of the molecule is CCNC(=NCCOc1ccc(Cl)cn1)NC1CCN(c2cccs2)CC1. The topological polar surface area (TPSA) is 61.8 Å². The summed E-state index contributed by atoms with van der Waals surface area (Å²) in [7, 11) is 0. The van der Waals surface area contributed by atoms with E-state index < -0.39 is 0 Å². The Balaban J connectivity index is 1.43. The van der Waals surface area contributed by atoms with Gasteiger partial charge >= 0.3 is 0 Å². The molecule has 2 aromatic rings. The predicted molar refractivity (Wildman–Crippen MR) is 113 cm³/mol. The van der Waals surface area contributed by atoms with E-state index in [9.17, 15) is 0 Å². The van der Waals surface area contributed by atoms with Crippen molar-refractivity contribution in [1.29, 1.82) is 0 Å². The van der Waals surface area contributed by atoms with Crippen LogP contribution < -0.4 is 20.3 Å². The van der Waals surface area contributed by atoms with E-state index >= 15 is 0 Å². The van der Waals surface area contributed by atoms with Gasteiger partial charge in [0, 0.05) is 37.9 Å². The lowest BCUT2D eigenvalue weighted by atomic mass is 10.1. The van der Waals surface area contributed by atoms with Crippen LogP contribution in [0.5, 0.6) is 5.88 Å². The van der Waals surface area contributed by atoms with Crippen molar-refractivity contribution in [3.05, 3.63) is 40.9 Å². The fourth-order valence-corrected chi connectivity index (χ4v) is 3.86. The number of thiophene rings is 1. The lowest BCUT2D eigenvalue weighted by Crippen LogP contribution is -2.48. The van der Waals surface area contributed by atoms with Crippen LogP contribution in [0.3, 0.4) is 0 Å². The van der Waals surface area contributed by atoms with Crippen LogP contribution in [0.2, 0.25) is 5.02 Å². The van der Waals surface area contributed by atoms with Crippen LogP contribution in [0.25, 0.3) is 0 Å². The lowest BCUT2D eigenvalue weighted by molar-refractivity contribution is 0.315. The van der Waals surface area contributed by atoms with Gasteiger partial charge in [0.1, 0.15) is 6.61 Å². The molecule has 3 rings (SSSR count). The summed E-state index contributed by atoms with van der Waals surface area (Å²) in [4.78, 5) is 11.2. The minimum atomic E-state index is 0.442. The largest absolute Gasteiger partial charge is 0.476 e. The average molecular weight is 408 g/mol. The third-order valence-electron chi connectivity index (χ3n) is 4.31. The molecule has 146 valence electrons. The van der Waals surface area contributed by atoms with E-state index in [4.69, 9.17) is 16.3 Å². The van der Waals surface area contributed by atoms with Crippen LogP contribution in [0.4, 0.5) is 5.00 Å². The number of rotatable bonds is 7. The molecule has 1 fully saturated rings. The van der Waals surface area contributed by atoms with Crippen molar-refractivity contribution in [1.82, 2.24) is 15.6 Å². The smallest absolute Gasteiger partial charge is 0.213 e. The standard InChI is InChI=1S/C19H26ClN5OS/c1-2-21-19(22-9-12-26-17-6-5-15(20)14-23-17)24-16-7-10-25(11-8-16)18-4-3-13-27-18/h3-6,13-14,16H,2,7-12H2,1H3,(H2,21,22,24). The molecule has 3 heterocycles. The second kappa shape index (κ2) is 10.4. The number of anilines is 1. The van der Waals surface area contributed by atoms with Crippen LogP contribution >= 0.6 is 22.9 Å². The highest BCUT2D eigenvalue weighted by Crippen LogP contribution is 2.24. The predicted octanol–water partition coefficient (Wildman–Crippen LogP) is 3.40. The van der Waals surface area contributed by atoms with Gasteiger partial charge in [0.05, 0.1) is 16.6 Å². The van der Waals surface area contributed by atoms with E-state index in [1.54, 1.807) is 18.3 Å². The third-order valence-corrected chi connectivity index (χ3v) is 5.46. The number of halogens is 1. The summed E-state index contributed by atoms with van der Waals surface area (Å²) in [5.41, 5.74) is 0. The first-order valence-corrected chi connectivity index (χ1v) is 10.6. The van der Waals surface area contributed by atoms with Crippen LogP contribution in [0.15, 0.2) is 40.8 Å². The summed E-state index contributed by atoms with van der Waals surface area (Å²) in [6.45, 7) is 6.09. The number of nitrogens with one attached hydrogen (secondary N) is 2. The monoisotopic (exact) mass is 407 g/mol. The van der Waals surface area contributed by atoms with E-state index in [1.807, 2.05) is 11.3 Å². The molecule has 8 heteroatoms. The summed E-state index contributed by atoms with van der Waals surface area (Å²) in [5, 5.41) is 11.0. The van der Waals surface area contributed by atoms with Gasteiger partial charge < -0.3 is 20.3 Å². The molecule has 1 aliphatic heterocycles. The zero-order valence-corrected chi connectivity index (χ0v) is 17.1. The minimum absolute atomic E-state index is 0.442. The maximum atomic E-state index is 5.82. The Bertz CT molecular complexity index is 699. The number of aromatic nitrogens is 1. The molecule has 0 bridgehead atoms. The van der Waals surface area contributed by atoms with E-state index in [0.29, 0.717) is 30.1 Å². The number of ether oxygens (including phenoxy) is 1. The van der Waals surface area contributed by atoms with E-state index in [0.717, 1.165) is 38.4 Å². The Hall–Kier alpha value is -1.99. The van der Waals surface area contributed by atoms with E-state index in [-0.39, 0.29) is 0 Å². The molecule has 0 unspecified atom stereocenters. The first-order valence-electron chi connectivity index (χ1n) is 9.32. The second-order valence-electron chi connectivity index (χ2n) is 6.28. The molecule has 1 aliphatic rings. The quantitative estimate of drug-likeness (QED) is 0.418. The number of piperidine rings is 1. The van der Waals surface area contributed by atoms with Crippen LogP contribution in [-0.2, 0) is 0 Å². The highest BCUT2D eigenvalue weighted by Gasteiger charge is 2.20. The molecule has 1 saturated heterocycles. The molecule has 0 aromatic carbocycles. The summed E-state index contributed by atoms with van der Waals surface area (Å²) >= 11 is 7.63. The Morgan fingerprint density at radius 2 is 2.22 bits per heavy atom. The molecule has 6 nitrogen and oxygen atoms in total. The zero-order chi connectivity index (χ0) is 18.9. The number of nitrogens with zero attached hydrogens (tertiary/aromatic N) is 3. The first kappa shape index (κ1) is 19.8. The molecule has 0 amide bonds. The van der Waals surface area contributed by atoms with Crippen molar-refractivity contribution in [2.45, 2.75) is 25.8 Å². The summed E-state index contributed by atoms with van der Waals surface area (Å²) in [6.07, 6.45) is 3.79. The lowest BCUT2D eigenvalue weighted by Gasteiger charge is -2.33. The van der Waals surface area contributed by atoms with Crippen molar-refractivity contribution in [3.8, 4) is 5.88 Å². The third kappa shape index (κ3) is 6.29. The molecule has 0 spiro atoms. The van der Waals surface area contributed by atoms with E-state index in [2.05, 4.69) is 49.9 Å². The van der Waals surface area contributed by atoms with Crippen LogP contribution in [0.1, 0.15) is 19.8 Å². The highest BCUT2D eigenvalue weighted by atomic mass is 35.5. The van der Waals surface area contributed by atoms with Gasteiger partial charge in [0.15, 0.2) is 5.96 Å². The van der Waals surface area contributed by atoms with Gasteiger partial charge in [0.2, 0.25) is 5.88 Å². The molecular formula is C19H26ClN5OS. The van der Waals surface area contributed by atoms with Gasteiger partial charge in [-0.1, -0.05) is 11.6 Å². The number of hydrogen-bond donors (Lipinski definition) is 2. The summed E-state index contributed by atoms with van der Waals surface area (Å²) in [5.74, 6) is 1.41. The maximum absolute atomic E-state index is 5.82. The van der Waals surface area contributed by atoms with Gasteiger partial charge in [-0.3, -0.25) is 0 Å². The minimum Gasteiger partial charge on any atom is -0.476 e. The fraction of sp³-hybridized carbons (Fsp3) is 0.474. The Labute approximate surface area is 169 Å². The molecule has 0 atom stereocenters. The highest BCUT2D eigenvalue weighted by molar-refractivity contribution is 7.14. The molecular weight excluding hydrogens is 382 g/mol. The number of hydrogen-bond acceptors (Lipinski definition) is 5. The van der Waals surface area contributed by atoms with Gasteiger partial charge in [-0.05, 0) is 43.3 Å². The molecule has 0 saturated carbocycles. The van der Waals surface area contributed by atoms with Gasteiger partial charge in [0.25, 0.3) is 0 Å². The van der Waals surface area contributed by atoms with Gasteiger partial charge in [-0.15, -0.1) is 11.3 Å². The van der Waals surface area contributed by atoms with Crippen molar-refractivity contribution < 1.29 is 4.74 Å². The number of pyridine rings is 1. The Morgan fingerprint density at radius 1 is 1.37 bits per heavy atom. The van der Waals surface area contributed by atoms with Crippen LogP contribution in [-0.4, -0.2) is 49.8 Å². The first-order chi connectivity index (χ1) is 13.2. The summed E-state index contributed by atoms with van der Waals surface area (Å²) in [6, 6.07) is 8.28. The van der Waals surface area contributed by atoms with Crippen molar-refractivity contribution in [2.75, 3.05) is 37.7 Å². The van der Waals surface area contributed by atoms with Crippen molar-refractivity contribution in [3.63, 3.8) is 0 Å². The van der Waals surface area contributed by atoms with Crippen molar-refractivity contribution >= 4 is 33.9 Å². The van der Waals surface area contributed by atoms with E-state index in [1.165, 1.54) is 5.00 Å². The fourth-order valence-electron chi connectivity index (χ4n) is 2.96. The van der Waals surface area contributed by atoms with Gasteiger partial charge in [-0.25, -0.2) is 9.98 Å². The normalized spacial score (nSPS) is 15.6. The molecule has 2 N–H and O–H groups in total. The Morgan fingerprint density at radius 3 is 2.89 bits per heavy atom. The van der Waals surface area contributed by atoms with Crippen LogP contribution in [0, 0.1) is 0 Å². The molecule has 0 aliphatic carbocycles. The molecule has 0 radical (unpaired) electrons. The number of guanidine groups is 1. The molecule has 2 aromatic heterocycles. The maximum Gasteiger partial charge on any atom is 0.213 e. The summed E-state index contributed by atoms with van der Waals surface area (Å²) < 4.78 is 5.60. The van der Waals surface area contributed by atoms with Crippen molar-refractivity contribution in [2.24, 2.45) is 4.99 Å². The Kier molecular flexibility index (Phi) is 7.59. The number of aliphatic imine (C=N–C) groups is 1. The average Bonchev–Trinajstić information content (AvgIpc) is 3.22. The zero-order valence-electron chi connectivity index (χ0n) is 15.5.